The number of hydrogen-bond acceptors (Lipinski definition) is 4. The van der Waals surface area contributed by atoms with Crippen molar-refractivity contribution in [3.05, 3.63) is 16.6 Å². The Morgan fingerprint density at radius 2 is 2.21 bits per heavy atom. The number of aromatic nitrogens is 1. The highest BCUT2D eigenvalue weighted by Crippen LogP contribution is 2.14. The summed E-state index contributed by atoms with van der Waals surface area (Å²) in [5.41, 5.74) is 5.35. The Hall–Kier alpha value is -0.650. The molecule has 0 saturated carbocycles. The fraction of sp³-hybridized carbons (Fsp3) is 0.692. The van der Waals surface area contributed by atoms with Crippen molar-refractivity contribution in [2.45, 2.75) is 45.6 Å². The fourth-order valence-electron chi connectivity index (χ4n) is 2.00. The molecule has 19 heavy (non-hydrogen) atoms. The van der Waals surface area contributed by atoms with Crippen LogP contribution in [0.4, 0.5) is 0 Å². The molecule has 0 fully saturated rings. The zero-order valence-electron chi connectivity index (χ0n) is 11.9. The maximum Gasteiger partial charge on any atom is 0.242 e. The minimum atomic E-state index is -0.742. The average molecular weight is 306 g/mol. The predicted octanol–water partition coefficient (Wildman–Crippen LogP) is 2.47. The van der Waals surface area contributed by atoms with Crippen LogP contribution in [0.3, 0.4) is 0 Å². The van der Waals surface area contributed by atoms with Gasteiger partial charge in [-0.3, -0.25) is 4.79 Å². The Bertz CT molecular complexity index is 368. The number of carbonyl (C=O) groups excluding carboxylic acids is 1. The van der Waals surface area contributed by atoms with Crippen LogP contribution < -0.4 is 5.73 Å². The smallest absolute Gasteiger partial charge is 0.242 e. The second kappa shape index (κ2) is 8.51. The molecule has 0 aliphatic heterocycles. The fourth-order valence-corrected chi connectivity index (χ4v) is 2.61. The average Bonchev–Trinajstić information content (AvgIpc) is 2.82. The molecule has 0 bridgehead atoms. The lowest BCUT2D eigenvalue weighted by atomic mass is 9.95. The molecule has 1 aromatic heterocycles. The van der Waals surface area contributed by atoms with Crippen LogP contribution in [0.5, 0.6) is 0 Å². The van der Waals surface area contributed by atoms with Crippen LogP contribution in [0, 0.1) is 0 Å². The summed E-state index contributed by atoms with van der Waals surface area (Å²) in [6, 6.07) is 0. The molecule has 1 unspecified atom stereocenters. The van der Waals surface area contributed by atoms with Gasteiger partial charge in [0.25, 0.3) is 0 Å². The molecule has 6 heteroatoms. The van der Waals surface area contributed by atoms with E-state index in [1.54, 1.807) is 17.5 Å². The normalized spacial score (nSPS) is 13.5. The van der Waals surface area contributed by atoms with E-state index in [2.05, 4.69) is 4.98 Å². The van der Waals surface area contributed by atoms with E-state index >= 15 is 0 Å². The topological polar surface area (TPSA) is 59.2 Å². The summed E-state index contributed by atoms with van der Waals surface area (Å²) in [7, 11) is 0. The Kier molecular flexibility index (Phi) is 8.22. The summed E-state index contributed by atoms with van der Waals surface area (Å²) in [4.78, 5) is 18.4. The number of halogens is 1. The van der Waals surface area contributed by atoms with Crippen LogP contribution in [0.2, 0.25) is 0 Å². The van der Waals surface area contributed by atoms with E-state index in [0.29, 0.717) is 13.1 Å². The molecule has 2 N–H and O–H groups in total. The van der Waals surface area contributed by atoms with E-state index in [-0.39, 0.29) is 18.3 Å². The van der Waals surface area contributed by atoms with Gasteiger partial charge in [-0.2, -0.15) is 0 Å². The van der Waals surface area contributed by atoms with Gasteiger partial charge >= 0.3 is 0 Å². The van der Waals surface area contributed by atoms with Crippen molar-refractivity contribution >= 4 is 29.7 Å². The molecule has 0 spiro atoms. The van der Waals surface area contributed by atoms with Gasteiger partial charge in [0, 0.05) is 31.1 Å². The van der Waals surface area contributed by atoms with Crippen LogP contribution in [-0.4, -0.2) is 34.4 Å². The maximum absolute atomic E-state index is 12.3. The maximum atomic E-state index is 12.3. The third-order valence-electron chi connectivity index (χ3n) is 3.01. The number of thiazole rings is 1. The van der Waals surface area contributed by atoms with E-state index in [1.807, 2.05) is 31.1 Å². The molecule has 1 rings (SSSR count). The molecule has 1 amide bonds. The van der Waals surface area contributed by atoms with Gasteiger partial charge in [-0.25, -0.2) is 4.98 Å². The molecule has 0 aliphatic carbocycles. The summed E-state index contributed by atoms with van der Waals surface area (Å²) in [6.45, 7) is 7.25. The zero-order chi connectivity index (χ0) is 13.6. The number of nitrogens with two attached hydrogens (primary N) is 1. The van der Waals surface area contributed by atoms with E-state index in [9.17, 15) is 4.79 Å². The number of amides is 1. The molecular weight excluding hydrogens is 282 g/mol. The number of rotatable bonds is 7. The highest BCUT2D eigenvalue weighted by molar-refractivity contribution is 7.09. The number of nitrogens with zero attached hydrogens (tertiary/aromatic N) is 2. The summed E-state index contributed by atoms with van der Waals surface area (Å²) < 4.78 is 0. The van der Waals surface area contributed by atoms with Crippen LogP contribution in [0.1, 0.15) is 38.6 Å². The quantitative estimate of drug-likeness (QED) is 0.842. The molecule has 4 nitrogen and oxygen atoms in total. The Morgan fingerprint density at radius 3 is 2.68 bits per heavy atom. The third kappa shape index (κ3) is 5.47. The SMILES string of the molecule is CCCC(C)(N)C(=O)N(CC)CCc1nccs1.Cl. The van der Waals surface area contributed by atoms with Crippen molar-refractivity contribution in [3.8, 4) is 0 Å². The third-order valence-corrected chi connectivity index (χ3v) is 3.85. The Balaban J connectivity index is 0.00000324. The predicted molar refractivity (Wildman–Crippen MR) is 82.8 cm³/mol. The minimum Gasteiger partial charge on any atom is -0.341 e. The van der Waals surface area contributed by atoms with Crippen molar-refractivity contribution in [2.75, 3.05) is 13.1 Å². The van der Waals surface area contributed by atoms with Gasteiger partial charge in [0.2, 0.25) is 5.91 Å². The lowest BCUT2D eigenvalue weighted by Crippen LogP contribution is -2.53. The first-order chi connectivity index (χ1) is 8.51. The molecule has 1 heterocycles. The summed E-state index contributed by atoms with van der Waals surface area (Å²) in [5, 5.41) is 3.02. The van der Waals surface area contributed by atoms with Crippen LogP contribution in [-0.2, 0) is 11.2 Å². The standard InChI is InChI=1S/C13H23N3OS.ClH/c1-4-7-13(3,14)12(17)16(5-2)9-6-11-15-8-10-18-11;/h8,10H,4-7,9,14H2,1-3H3;1H. The van der Waals surface area contributed by atoms with Gasteiger partial charge in [0.15, 0.2) is 0 Å². The summed E-state index contributed by atoms with van der Waals surface area (Å²) in [5.74, 6) is 0.0448. The number of likely N-dealkylation sites (N-methyl/N-ethyl adjacent to an activating group) is 1. The lowest BCUT2D eigenvalue weighted by Gasteiger charge is -2.30. The van der Waals surface area contributed by atoms with Gasteiger partial charge < -0.3 is 10.6 Å². The van der Waals surface area contributed by atoms with E-state index < -0.39 is 5.54 Å². The van der Waals surface area contributed by atoms with Gasteiger partial charge in [-0.1, -0.05) is 13.3 Å². The number of carbonyl (C=O) groups is 1. The largest absolute Gasteiger partial charge is 0.341 e. The van der Waals surface area contributed by atoms with Crippen molar-refractivity contribution in [3.63, 3.8) is 0 Å². The van der Waals surface area contributed by atoms with Crippen LogP contribution in [0.25, 0.3) is 0 Å². The van der Waals surface area contributed by atoms with Gasteiger partial charge in [0.1, 0.15) is 0 Å². The van der Waals surface area contributed by atoms with Crippen molar-refractivity contribution in [2.24, 2.45) is 5.73 Å². The molecule has 110 valence electrons. The first kappa shape index (κ1) is 18.4. The summed E-state index contributed by atoms with van der Waals surface area (Å²) in [6.07, 6.45) is 4.24. The Labute approximate surface area is 125 Å². The zero-order valence-corrected chi connectivity index (χ0v) is 13.5. The highest BCUT2D eigenvalue weighted by atomic mass is 35.5. The second-order valence-electron chi connectivity index (χ2n) is 4.73. The van der Waals surface area contributed by atoms with Crippen molar-refractivity contribution < 1.29 is 4.79 Å². The number of hydrogen-bond donors (Lipinski definition) is 1. The minimum absolute atomic E-state index is 0. The molecule has 0 aromatic carbocycles. The van der Waals surface area contributed by atoms with E-state index in [0.717, 1.165) is 24.3 Å². The first-order valence-corrected chi connectivity index (χ1v) is 7.35. The van der Waals surface area contributed by atoms with Gasteiger partial charge in [-0.05, 0) is 20.3 Å². The monoisotopic (exact) mass is 305 g/mol. The highest BCUT2D eigenvalue weighted by Gasteiger charge is 2.30. The van der Waals surface area contributed by atoms with Gasteiger partial charge in [-0.15, -0.1) is 23.7 Å². The van der Waals surface area contributed by atoms with Crippen LogP contribution >= 0.6 is 23.7 Å². The van der Waals surface area contributed by atoms with Crippen molar-refractivity contribution in [1.82, 2.24) is 9.88 Å². The molecule has 0 aliphatic rings. The van der Waals surface area contributed by atoms with Gasteiger partial charge in [0.05, 0.1) is 10.5 Å². The lowest BCUT2D eigenvalue weighted by molar-refractivity contribution is -0.136. The second-order valence-corrected chi connectivity index (χ2v) is 5.71. The first-order valence-electron chi connectivity index (χ1n) is 6.48. The van der Waals surface area contributed by atoms with E-state index in [1.165, 1.54) is 0 Å². The molecular formula is C13H24ClN3OS. The summed E-state index contributed by atoms with van der Waals surface area (Å²) >= 11 is 1.62. The molecule has 1 aromatic rings. The van der Waals surface area contributed by atoms with Crippen molar-refractivity contribution in [1.29, 1.82) is 0 Å². The van der Waals surface area contributed by atoms with E-state index in [4.69, 9.17) is 5.73 Å². The van der Waals surface area contributed by atoms with Crippen LogP contribution in [0.15, 0.2) is 11.6 Å². The molecule has 0 saturated heterocycles. The Morgan fingerprint density at radius 1 is 1.53 bits per heavy atom. The molecule has 0 radical (unpaired) electrons. The molecule has 1 atom stereocenters.